The predicted octanol–water partition coefficient (Wildman–Crippen LogP) is 3.79. The molecule has 27 heavy (non-hydrogen) atoms. The molecule has 0 bridgehead atoms. The molecule has 0 fully saturated rings. The van der Waals surface area contributed by atoms with E-state index in [0.717, 1.165) is 4.90 Å². The van der Waals surface area contributed by atoms with Crippen molar-refractivity contribution in [1.29, 1.82) is 0 Å². The van der Waals surface area contributed by atoms with Crippen molar-refractivity contribution in [3.63, 3.8) is 0 Å². The van der Waals surface area contributed by atoms with Crippen molar-refractivity contribution in [2.24, 2.45) is 0 Å². The lowest BCUT2D eigenvalue weighted by Crippen LogP contribution is -2.28. The molecule has 0 amide bonds. The Morgan fingerprint density at radius 2 is 1.67 bits per heavy atom. The zero-order chi connectivity index (χ0) is 19.6. The van der Waals surface area contributed by atoms with Gasteiger partial charge in [0.05, 0.1) is 19.1 Å². The summed E-state index contributed by atoms with van der Waals surface area (Å²) in [4.78, 5) is 38.3. The van der Waals surface area contributed by atoms with E-state index in [-0.39, 0.29) is 23.3 Å². The minimum atomic E-state index is -0.797. The van der Waals surface area contributed by atoms with Gasteiger partial charge in [-0.25, -0.2) is 0 Å². The summed E-state index contributed by atoms with van der Waals surface area (Å²) in [5.41, 5.74) is 1.05. The normalized spacial score (nSPS) is 14.7. The number of rotatable bonds is 5. The third-order valence-electron chi connectivity index (χ3n) is 4.60. The van der Waals surface area contributed by atoms with Gasteiger partial charge in [0.25, 0.3) is 0 Å². The van der Waals surface area contributed by atoms with Crippen LogP contribution in [0, 0.1) is 0 Å². The lowest BCUT2D eigenvalue weighted by molar-refractivity contribution is -0.140. The van der Waals surface area contributed by atoms with Gasteiger partial charge in [0.1, 0.15) is 5.76 Å². The molecule has 1 aliphatic carbocycles. The van der Waals surface area contributed by atoms with E-state index in [0.29, 0.717) is 11.1 Å². The molecule has 5 nitrogen and oxygen atoms in total. The number of ether oxygens (including phenoxy) is 1. The maximum absolute atomic E-state index is 12.8. The molecule has 0 unspecified atom stereocenters. The van der Waals surface area contributed by atoms with E-state index in [4.69, 9.17) is 4.74 Å². The third kappa shape index (κ3) is 3.53. The van der Waals surface area contributed by atoms with E-state index >= 15 is 0 Å². The summed E-state index contributed by atoms with van der Waals surface area (Å²) in [6.45, 7) is 0. The highest BCUT2D eigenvalue weighted by Gasteiger charge is 2.38. The summed E-state index contributed by atoms with van der Waals surface area (Å²) in [7, 11) is 1.26. The molecule has 0 aliphatic heterocycles. The first-order valence-corrected chi connectivity index (χ1v) is 9.52. The highest BCUT2D eigenvalue weighted by Crippen LogP contribution is 2.38. The maximum atomic E-state index is 12.8. The number of ketones is 2. The van der Waals surface area contributed by atoms with E-state index in [9.17, 15) is 19.5 Å². The molecule has 0 radical (unpaired) electrons. The molecule has 1 N–H and O–H groups in total. The lowest BCUT2D eigenvalue weighted by atomic mass is 9.78. The number of hydrogen-bond donors (Lipinski definition) is 1. The highest BCUT2D eigenvalue weighted by atomic mass is 32.2. The molecule has 3 rings (SSSR count). The first kappa shape index (κ1) is 18.9. The van der Waals surface area contributed by atoms with Gasteiger partial charge in [0.2, 0.25) is 11.6 Å². The van der Waals surface area contributed by atoms with Crippen LogP contribution in [-0.2, 0) is 14.3 Å². The quantitative estimate of drug-likeness (QED) is 0.481. The van der Waals surface area contributed by atoms with Crippen LogP contribution < -0.4 is 0 Å². The van der Waals surface area contributed by atoms with Crippen LogP contribution in [0.25, 0.3) is 5.76 Å². The Hall–Kier alpha value is -2.86. The van der Waals surface area contributed by atoms with Gasteiger partial charge in [-0.2, -0.15) is 0 Å². The van der Waals surface area contributed by atoms with Gasteiger partial charge in [-0.3, -0.25) is 14.4 Å². The highest BCUT2D eigenvalue weighted by molar-refractivity contribution is 7.98. The van der Waals surface area contributed by atoms with Crippen LogP contribution in [0.1, 0.15) is 33.8 Å². The van der Waals surface area contributed by atoms with Crippen LogP contribution in [0.4, 0.5) is 0 Å². The summed E-state index contributed by atoms with van der Waals surface area (Å²) in [5.74, 6) is -3.06. The topological polar surface area (TPSA) is 80.7 Å². The molecule has 0 aromatic heterocycles. The monoisotopic (exact) mass is 382 g/mol. The van der Waals surface area contributed by atoms with Gasteiger partial charge in [-0.05, 0) is 24.0 Å². The number of aliphatic hydroxyl groups is 1. The molecule has 6 heteroatoms. The number of thioether (sulfide) groups is 1. The molecule has 1 aliphatic rings. The van der Waals surface area contributed by atoms with Crippen LogP contribution in [0.5, 0.6) is 0 Å². The predicted molar refractivity (Wildman–Crippen MR) is 103 cm³/mol. The number of fused-ring (bicyclic) bond motifs is 1. The van der Waals surface area contributed by atoms with Gasteiger partial charge in [-0.1, -0.05) is 36.4 Å². The van der Waals surface area contributed by atoms with E-state index < -0.39 is 23.5 Å². The second-order valence-corrected chi connectivity index (χ2v) is 6.95. The lowest BCUT2D eigenvalue weighted by Gasteiger charge is -2.24. The smallest absolute Gasteiger partial charge is 0.306 e. The first-order valence-electron chi connectivity index (χ1n) is 8.30. The van der Waals surface area contributed by atoms with Gasteiger partial charge in [-0.15, -0.1) is 11.8 Å². The molecule has 1 atom stereocenters. The second kappa shape index (κ2) is 7.80. The zero-order valence-electron chi connectivity index (χ0n) is 14.9. The zero-order valence-corrected chi connectivity index (χ0v) is 15.7. The Morgan fingerprint density at radius 1 is 1.04 bits per heavy atom. The summed E-state index contributed by atoms with van der Waals surface area (Å²) in [6, 6.07) is 13.7. The Morgan fingerprint density at radius 3 is 2.26 bits per heavy atom. The molecule has 0 heterocycles. The first-order chi connectivity index (χ1) is 13.0. The molecule has 0 saturated carbocycles. The number of carbonyl (C=O) groups excluding carboxylic acids is 3. The minimum absolute atomic E-state index is 0.0685. The fraction of sp³-hybridized carbons (Fsp3) is 0.190. The average Bonchev–Trinajstić information content (AvgIpc) is 2.71. The molecule has 2 aromatic rings. The number of methoxy groups -OCH3 is 1. The second-order valence-electron chi connectivity index (χ2n) is 6.07. The molecule has 0 spiro atoms. The number of Topliss-reactive ketones (excluding diaryl/α,β-unsaturated/α-hetero) is 2. The number of allylic oxidation sites excluding steroid dienone is 1. The largest absolute Gasteiger partial charge is 0.507 e. The van der Waals surface area contributed by atoms with Crippen LogP contribution in [0.15, 0.2) is 59.0 Å². The van der Waals surface area contributed by atoms with Gasteiger partial charge < -0.3 is 9.84 Å². The average molecular weight is 382 g/mol. The standard InChI is InChI=1S/C21H18O5S/c1-26-17(22)11-16(12-7-9-13(27-2)10-8-12)18-19(23)14-5-3-4-6-15(14)20(24)21(18)25/h3-10,16,23H,11H2,1-2H3/t16-/m0/s1. The Kier molecular flexibility index (Phi) is 5.46. The molecular weight excluding hydrogens is 364 g/mol. The summed E-state index contributed by atoms with van der Waals surface area (Å²) >= 11 is 1.56. The van der Waals surface area contributed by atoms with E-state index in [1.807, 2.05) is 18.4 Å². The van der Waals surface area contributed by atoms with Crippen molar-refractivity contribution in [2.45, 2.75) is 17.2 Å². The van der Waals surface area contributed by atoms with Crippen LogP contribution in [-0.4, -0.2) is 36.0 Å². The van der Waals surface area contributed by atoms with Crippen molar-refractivity contribution in [1.82, 2.24) is 0 Å². The molecule has 0 saturated heterocycles. The summed E-state index contributed by atoms with van der Waals surface area (Å²) in [6.07, 6.45) is 1.78. The van der Waals surface area contributed by atoms with Crippen LogP contribution >= 0.6 is 11.8 Å². The Bertz CT molecular complexity index is 943. The summed E-state index contributed by atoms with van der Waals surface area (Å²) in [5, 5.41) is 10.8. The van der Waals surface area contributed by atoms with Gasteiger partial charge in [0, 0.05) is 21.9 Å². The Labute approximate surface area is 161 Å². The molecule has 138 valence electrons. The van der Waals surface area contributed by atoms with Crippen molar-refractivity contribution in [3.8, 4) is 0 Å². The van der Waals surface area contributed by atoms with Crippen molar-refractivity contribution in [3.05, 3.63) is 70.8 Å². The number of hydrogen-bond acceptors (Lipinski definition) is 6. The van der Waals surface area contributed by atoms with Crippen LogP contribution in [0.2, 0.25) is 0 Å². The molecular formula is C21H18O5S. The van der Waals surface area contributed by atoms with Crippen molar-refractivity contribution >= 4 is 35.1 Å². The van der Waals surface area contributed by atoms with Gasteiger partial charge in [0.15, 0.2) is 0 Å². The van der Waals surface area contributed by atoms with Gasteiger partial charge >= 0.3 is 5.97 Å². The minimum Gasteiger partial charge on any atom is -0.507 e. The Balaban J connectivity index is 2.17. The molecule has 2 aromatic carbocycles. The SMILES string of the molecule is COC(=O)C[C@H](C1=C(O)c2ccccc2C(=O)C1=O)c1ccc(SC)cc1. The van der Waals surface area contributed by atoms with E-state index in [1.165, 1.54) is 13.2 Å². The maximum Gasteiger partial charge on any atom is 0.306 e. The third-order valence-corrected chi connectivity index (χ3v) is 5.34. The number of benzene rings is 2. The van der Waals surface area contributed by atoms with E-state index in [1.54, 1.807) is 42.1 Å². The van der Waals surface area contributed by atoms with Crippen LogP contribution in [0.3, 0.4) is 0 Å². The van der Waals surface area contributed by atoms with E-state index in [2.05, 4.69) is 0 Å². The summed E-state index contributed by atoms with van der Waals surface area (Å²) < 4.78 is 4.76. The number of aliphatic hydroxyl groups excluding tert-OH is 1. The number of esters is 1. The van der Waals surface area contributed by atoms with Crippen molar-refractivity contribution in [2.75, 3.05) is 13.4 Å². The number of carbonyl (C=O) groups is 3. The fourth-order valence-corrected chi connectivity index (χ4v) is 3.59. The fourth-order valence-electron chi connectivity index (χ4n) is 3.18. The van der Waals surface area contributed by atoms with Crippen molar-refractivity contribution < 1.29 is 24.2 Å².